The average Bonchev–Trinajstić information content (AvgIpc) is 2.33. The van der Waals surface area contributed by atoms with Gasteiger partial charge in [0.05, 0.1) is 17.4 Å². The lowest BCUT2D eigenvalue weighted by atomic mass is 10.3. The van der Waals surface area contributed by atoms with E-state index in [4.69, 9.17) is 10.00 Å². The Morgan fingerprint density at radius 1 is 1.75 bits per heavy atom. The molecule has 0 unspecified atom stereocenters. The first kappa shape index (κ1) is 12.3. The lowest BCUT2D eigenvalue weighted by molar-refractivity contribution is 0.0545. The summed E-state index contributed by atoms with van der Waals surface area (Å²) in [6, 6.07) is 5.26. The molecule has 0 fully saturated rings. The van der Waals surface area contributed by atoms with E-state index in [9.17, 15) is 4.79 Å². The minimum absolute atomic E-state index is 0.163. The molecule has 0 amide bonds. The maximum atomic E-state index is 11.6. The number of rotatable bonds is 5. The summed E-state index contributed by atoms with van der Waals surface area (Å²) in [5, 5.41) is 8.98. The zero-order valence-electron chi connectivity index (χ0n) is 8.55. The Labute approximate surface area is 97.9 Å². The van der Waals surface area contributed by atoms with Crippen LogP contribution in [0.4, 0.5) is 0 Å². The first-order valence-electron chi connectivity index (χ1n) is 4.52. The number of nitriles is 1. The molecule has 1 heterocycles. The lowest BCUT2D eigenvalue weighted by Gasteiger charge is -2.05. The molecule has 0 saturated carbocycles. The van der Waals surface area contributed by atoms with Gasteiger partial charge in [-0.2, -0.15) is 5.26 Å². The summed E-state index contributed by atoms with van der Waals surface area (Å²) in [4.78, 5) is 15.6. The third-order valence-electron chi connectivity index (χ3n) is 1.60. The fourth-order valence-corrected chi connectivity index (χ4v) is 1.62. The number of thioether (sulfide) groups is 1. The highest BCUT2D eigenvalue weighted by Gasteiger charge is 2.13. The van der Waals surface area contributed by atoms with E-state index in [2.05, 4.69) is 11.6 Å². The van der Waals surface area contributed by atoms with Gasteiger partial charge in [0.25, 0.3) is 0 Å². The smallest absolute Gasteiger partial charge is 0.341 e. The van der Waals surface area contributed by atoms with E-state index >= 15 is 0 Å². The van der Waals surface area contributed by atoms with Crippen LogP contribution in [-0.4, -0.2) is 23.3 Å². The van der Waals surface area contributed by atoms with Crippen molar-refractivity contribution in [3.8, 4) is 6.07 Å². The monoisotopic (exact) mass is 234 g/mol. The summed E-state index contributed by atoms with van der Waals surface area (Å²) in [6.45, 7) is 3.62. The van der Waals surface area contributed by atoms with E-state index in [1.807, 2.05) is 6.07 Å². The molecule has 0 aromatic carbocycles. The molecule has 82 valence electrons. The number of carbonyl (C=O) groups excluding carboxylic acids is 1. The highest BCUT2D eigenvalue weighted by molar-refractivity contribution is 7.99. The Morgan fingerprint density at radius 2 is 2.56 bits per heavy atom. The van der Waals surface area contributed by atoms with Crippen LogP contribution < -0.4 is 0 Å². The van der Waals surface area contributed by atoms with Gasteiger partial charge in [-0.25, -0.2) is 9.78 Å². The van der Waals surface area contributed by atoms with Crippen LogP contribution in [0.3, 0.4) is 0 Å². The van der Waals surface area contributed by atoms with E-state index in [1.165, 1.54) is 17.8 Å². The Bertz CT molecular complexity index is 426. The Kier molecular flexibility index (Phi) is 5.09. The molecule has 0 aliphatic heterocycles. The molecule has 0 radical (unpaired) electrons. The second kappa shape index (κ2) is 6.64. The molecule has 16 heavy (non-hydrogen) atoms. The van der Waals surface area contributed by atoms with Gasteiger partial charge >= 0.3 is 5.97 Å². The van der Waals surface area contributed by atoms with Crippen LogP contribution in [-0.2, 0) is 4.74 Å². The summed E-state index contributed by atoms with van der Waals surface area (Å²) >= 11 is 1.21. The maximum absolute atomic E-state index is 11.6. The molecule has 0 bridgehead atoms. The molecule has 1 aromatic heterocycles. The van der Waals surface area contributed by atoms with E-state index < -0.39 is 5.97 Å². The van der Waals surface area contributed by atoms with E-state index in [0.29, 0.717) is 10.6 Å². The predicted molar refractivity (Wildman–Crippen MR) is 61.1 cm³/mol. The largest absolute Gasteiger partial charge is 0.458 e. The topological polar surface area (TPSA) is 63.0 Å². The van der Waals surface area contributed by atoms with Crippen LogP contribution in [0.5, 0.6) is 0 Å². The molecule has 0 saturated heterocycles. The molecule has 0 aliphatic carbocycles. The van der Waals surface area contributed by atoms with Crippen molar-refractivity contribution in [1.29, 1.82) is 5.26 Å². The van der Waals surface area contributed by atoms with Crippen molar-refractivity contribution in [2.45, 2.75) is 5.03 Å². The second-order valence-electron chi connectivity index (χ2n) is 2.69. The molecular formula is C11H10N2O2S. The van der Waals surface area contributed by atoms with Crippen LogP contribution in [0.2, 0.25) is 0 Å². The SMILES string of the molecule is C=CCOC(=O)c1cccnc1SCC#N. The zero-order valence-corrected chi connectivity index (χ0v) is 9.37. The fourth-order valence-electron chi connectivity index (χ4n) is 0.974. The summed E-state index contributed by atoms with van der Waals surface area (Å²) in [7, 11) is 0. The maximum Gasteiger partial charge on any atom is 0.341 e. The first-order valence-corrected chi connectivity index (χ1v) is 5.51. The third-order valence-corrected chi connectivity index (χ3v) is 2.47. The van der Waals surface area contributed by atoms with E-state index in [0.717, 1.165) is 0 Å². The number of hydrogen-bond donors (Lipinski definition) is 0. The van der Waals surface area contributed by atoms with Crippen LogP contribution in [0.25, 0.3) is 0 Å². The van der Waals surface area contributed by atoms with Crippen molar-refractivity contribution in [3.63, 3.8) is 0 Å². The summed E-state index contributed by atoms with van der Waals surface area (Å²) in [6.07, 6.45) is 3.07. The molecule has 5 heteroatoms. The van der Waals surface area contributed by atoms with Gasteiger partial charge in [-0.15, -0.1) is 0 Å². The quantitative estimate of drug-likeness (QED) is 0.443. The zero-order chi connectivity index (χ0) is 11.8. The Balaban J connectivity index is 2.81. The number of carbonyl (C=O) groups is 1. The normalized spacial score (nSPS) is 9.19. The minimum Gasteiger partial charge on any atom is -0.458 e. The summed E-state index contributed by atoms with van der Waals surface area (Å²) in [5.74, 6) is -0.202. The van der Waals surface area contributed by atoms with Gasteiger partial charge in [-0.05, 0) is 12.1 Å². The Hall–Kier alpha value is -1.80. The van der Waals surface area contributed by atoms with Crippen molar-refractivity contribution in [2.75, 3.05) is 12.4 Å². The van der Waals surface area contributed by atoms with Crippen molar-refractivity contribution in [3.05, 3.63) is 36.5 Å². The number of hydrogen-bond acceptors (Lipinski definition) is 5. The molecule has 0 spiro atoms. The number of ether oxygens (including phenoxy) is 1. The van der Waals surface area contributed by atoms with Crippen molar-refractivity contribution in [2.24, 2.45) is 0 Å². The minimum atomic E-state index is -0.451. The lowest BCUT2D eigenvalue weighted by Crippen LogP contribution is -2.07. The number of aromatic nitrogens is 1. The molecule has 0 N–H and O–H groups in total. The highest BCUT2D eigenvalue weighted by Crippen LogP contribution is 2.19. The van der Waals surface area contributed by atoms with Gasteiger partial charge in [0.2, 0.25) is 0 Å². The number of nitrogens with zero attached hydrogens (tertiary/aromatic N) is 2. The number of pyridine rings is 1. The molecule has 1 rings (SSSR count). The second-order valence-corrected chi connectivity index (χ2v) is 3.65. The fraction of sp³-hybridized carbons (Fsp3) is 0.182. The van der Waals surface area contributed by atoms with Gasteiger partial charge in [0.15, 0.2) is 0 Å². The van der Waals surface area contributed by atoms with Gasteiger partial charge in [-0.3, -0.25) is 0 Å². The van der Waals surface area contributed by atoms with Crippen LogP contribution in [0.1, 0.15) is 10.4 Å². The molecule has 4 nitrogen and oxygen atoms in total. The van der Waals surface area contributed by atoms with E-state index in [-0.39, 0.29) is 12.4 Å². The van der Waals surface area contributed by atoms with Crippen LogP contribution in [0.15, 0.2) is 36.0 Å². The molecule has 0 atom stereocenters. The average molecular weight is 234 g/mol. The van der Waals surface area contributed by atoms with Gasteiger partial charge in [-0.1, -0.05) is 24.4 Å². The Morgan fingerprint density at radius 3 is 3.25 bits per heavy atom. The van der Waals surface area contributed by atoms with Gasteiger partial charge in [0, 0.05) is 6.20 Å². The van der Waals surface area contributed by atoms with Crippen molar-refractivity contribution < 1.29 is 9.53 Å². The predicted octanol–water partition coefficient (Wildman–Crippen LogP) is 2.04. The van der Waals surface area contributed by atoms with E-state index in [1.54, 1.807) is 18.3 Å². The van der Waals surface area contributed by atoms with Gasteiger partial charge in [0.1, 0.15) is 11.6 Å². The summed E-state index contributed by atoms with van der Waals surface area (Å²) < 4.78 is 4.90. The summed E-state index contributed by atoms with van der Waals surface area (Å²) in [5.41, 5.74) is 0.379. The number of esters is 1. The standard InChI is InChI=1S/C11H10N2O2S/c1-2-7-15-11(14)9-4-3-6-13-10(9)16-8-5-12/h2-4,6H,1,7-8H2. The van der Waals surface area contributed by atoms with Crippen LogP contribution >= 0.6 is 11.8 Å². The first-order chi connectivity index (χ1) is 7.79. The molecule has 0 aliphatic rings. The van der Waals surface area contributed by atoms with Crippen molar-refractivity contribution in [1.82, 2.24) is 4.98 Å². The highest BCUT2D eigenvalue weighted by atomic mass is 32.2. The molecular weight excluding hydrogens is 224 g/mol. The molecule has 1 aromatic rings. The van der Waals surface area contributed by atoms with Crippen molar-refractivity contribution >= 4 is 17.7 Å². The van der Waals surface area contributed by atoms with Crippen LogP contribution in [0, 0.1) is 11.3 Å². The van der Waals surface area contributed by atoms with Gasteiger partial charge < -0.3 is 4.74 Å². The third kappa shape index (κ3) is 3.41.